The van der Waals surface area contributed by atoms with Gasteiger partial charge in [0.25, 0.3) is 5.91 Å². The van der Waals surface area contributed by atoms with E-state index in [9.17, 15) is 18.0 Å². The molecule has 10 heteroatoms. The Morgan fingerprint density at radius 1 is 1.25 bits per heavy atom. The highest BCUT2D eigenvalue weighted by Gasteiger charge is 2.46. The molecule has 194 valence electrons. The highest BCUT2D eigenvalue weighted by Crippen LogP contribution is 2.38. The molecule has 1 N–H and O–H groups in total. The summed E-state index contributed by atoms with van der Waals surface area (Å²) in [4.78, 5) is 22.5. The Bertz CT molecular complexity index is 1150. The fourth-order valence-corrected chi connectivity index (χ4v) is 5.66. The van der Waals surface area contributed by atoms with Crippen LogP contribution in [0.3, 0.4) is 0 Å². The largest absolute Gasteiger partial charge is 0.416 e. The number of amidine groups is 1. The number of carbonyl (C=O) groups is 1. The lowest BCUT2D eigenvalue weighted by Gasteiger charge is -2.37. The van der Waals surface area contributed by atoms with E-state index in [-0.39, 0.29) is 11.5 Å². The number of aliphatic imine (C=N–C) groups is 1. The van der Waals surface area contributed by atoms with Crippen LogP contribution in [0.4, 0.5) is 13.2 Å². The molecule has 5 rings (SSSR count). The summed E-state index contributed by atoms with van der Waals surface area (Å²) >= 11 is 0. The van der Waals surface area contributed by atoms with E-state index in [0.29, 0.717) is 50.5 Å². The Morgan fingerprint density at radius 2 is 2.00 bits per heavy atom. The fourth-order valence-electron chi connectivity index (χ4n) is 5.66. The van der Waals surface area contributed by atoms with E-state index in [1.165, 1.54) is 13.0 Å². The van der Waals surface area contributed by atoms with Crippen molar-refractivity contribution in [2.24, 2.45) is 4.99 Å². The zero-order valence-electron chi connectivity index (χ0n) is 20.7. The highest BCUT2D eigenvalue weighted by atomic mass is 19.4. The molecule has 0 aliphatic carbocycles. The standard InChI is InChI=1S/C26H31F3N4O3/c1-16-18(6-4-7-20(16)26(27,28)29)17(2)30-23-19-14-32(15-21(19)33-11-5-8-22(33)31-23)24(34)25(35-3)9-12-36-13-10-25/h4,6-8,17H,5,9-15H2,1-3H3,(H,30,31). The van der Waals surface area contributed by atoms with Crippen molar-refractivity contribution in [2.75, 3.05) is 40.0 Å². The topological polar surface area (TPSA) is 66.4 Å². The second-order valence-electron chi connectivity index (χ2n) is 9.72. The molecule has 1 saturated heterocycles. The first kappa shape index (κ1) is 24.8. The fraction of sp³-hybridized carbons (Fsp3) is 0.538. The molecule has 0 radical (unpaired) electrons. The molecule has 36 heavy (non-hydrogen) atoms. The van der Waals surface area contributed by atoms with Gasteiger partial charge in [-0.2, -0.15) is 13.2 Å². The number of benzene rings is 1. The summed E-state index contributed by atoms with van der Waals surface area (Å²) in [5.74, 6) is 1.45. The Balaban J connectivity index is 1.46. The molecule has 1 atom stereocenters. The number of hydrogen-bond acceptors (Lipinski definition) is 5. The molecule has 4 aliphatic heterocycles. The molecule has 7 nitrogen and oxygen atoms in total. The average molecular weight is 505 g/mol. The van der Waals surface area contributed by atoms with Crippen molar-refractivity contribution in [3.63, 3.8) is 0 Å². The Hall–Kier alpha value is -2.85. The monoisotopic (exact) mass is 504 g/mol. The molecule has 1 aromatic rings. The van der Waals surface area contributed by atoms with Gasteiger partial charge < -0.3 is 24.6 Å². The van der Waals surface area contributed by atoms with Crippen LogP contribution in [0.25, 0.3) is 0 Å². The summed E-state index contributed by atoms with van der Waals surface area (Å²) in [7, 11) is 1.57. The number of fused-ring (bicyclic) bond motifs is 2. The molecule has 4 heterocycles. The lowest BCUT2D eigenvalue weighted by Crippen LogP contribution is -2.53. The Labute approximate surface area is 208 Å². The van der Waals surface area contributed by atoms with Gasteiger partial charge in [0.15, 0.2) is 5.60 Å². The molecule has 1 amide bonds. The summed E-state index contributed by atoms with van der Waals surface area (Å²) in [6.07, 6.45) is -0.470. The first-order chi connectivity index (χ1) is 17.1. The molecular weight excluding hydrogens is 473 g/mol. The van der Waals surface area contributed by atoms with Crippen LogP contribution < -0.4 is 5.32 Å². The lowest BCUT2D eigenvalue weighted by atomic mass is 9.92. The minimum Gasteiger partial charge on any atom is -0.381 e. The van der Waals surface area contributed by atoms with Gasteiger partial charge in [-0.05, 0) is 43.5 Å². The third-order valence-electron chi connectivity index (χ3n) is 7.70. The number of hydrogen-bond donors (Lipinski definition) is 1. The van der Waals surface area contributed by atoms with Gasteiger partial charge in [-0.15, -0.1) is 0 Å². The van der Waals surface area contributed by atoms with Gasteiger partial charge in [0.05, 0.1) is 24.7 Å². The lowest BCUT2D eigenvalue weighted by molar-refractivity contribution is -0.165. The van der Waals surface area contributed by atoms with Crippen LogP contribution in [-0.4, -0.2) is 67.1 Å². The van der Waals surface area contributed by atoms with Gasteiger partial charge in [0.1, 0.15) is 11.7 Å². The molecule has 1 unspecified atom stereocenters. The van der Waals surface area contributed by atoms with E-state index in [1.54, 1.807) is 25.0 Å². The SMILES string of the molecule is COC1(C(=O)N2CC3=C(C2)N2CCC=C2NC3=NC(C)c2cccc(C(F)(F)F)c2C)CCOCC1. The van der Waals surface area contributed by atoms with Crippen LogP contribution in [-0.2, 0) is 20.4 Å². The number of ether oxygens (including phenoxy) is 2. The highest BCUT2D eigenvalue weighted by molar-refractivity contribution is 6.03. The summed E-state index contributed by atoms with van der Waals surface area (Å²) < 4.78 is 51.6. The minimum absolute atomic E-state index is 0.0615. The van der Waals surface area contributed by atoms with Crippen LogP contribution >= 0.6 is 0 Å². The number of rotatable bonds is 4. The second-order valence-corrected chi connectivity index (χ2v) is 9.72. The van der Waals surface area contributed by atoms with Crippen molar-refractivity contribution < 1.29 is 27.4 Å². The number of nitrogens with zero attached hydrogens (tertiary/aromatic N) is 3. The molecular formula is C26H31F3N4O3. The van der Waals surface area contributed by atoms with Crippen LogP contribution in [0.15, 0.2) is 46.4 Å². The van der Waals surface area contributed by atoms with Gasteiger partial charge in [-0.3, -0.25) is 9.79 Å². The van der Waals surface area contributed by atoms with Crippen molar-refractivity contribution in [1.82, 2.24) is 15.1 Å². The van der Waals surface area contributed by atoms with Crippen LogP contribution in [0.2, 0.25) is 0 Å². The third kappa shape index (κ3) is 4.20. The maximum absolute atomic E-state index is 13.6. The number of halogens is 3. The smallest absolute Gasteiger partial charge is 0.381 e. The Morgan fingerprint density at radius 3 is 2.69 bits per heavy atom. The molecule has 0 aromatic heterocycles. The summed E-state index contributed by atoms with van der Waals surface area (Å²) in [6.45, 7) is 5.85. The zero-order valence-corrected chi connectivity index (χ0v) is 20.7. The molecule has 0 saturated carbocycles. The van der Waals surface area contributed by atoms with Gasteiger partial charge in [0, 0.05) is 51.0 Å². The van der Waals surface area contributed by atoms with Gasteiger partial charge in [-0.1, -0.05) is 12.1 Å². The summed E-state index contributed by atoms with van der Waals surface area (Å²) in [6, 6.07) is 3.71. The van der Waals surface area contributed by atoms with Gasteiger partial charge in [-0.25, -0.2) is 0 Å². The second kappa shape index (κ2) is 9.23. The van der Waals surface area contributed by atoms with Crippen molar-refractivity contribution in [1.29, 1.82) is 0 Å². The number of methoxy groups -OCH3 is 1. The van der Waals surface area contributed by atoms with E-state index in [0.717, 1.165) is 36.1 Å². The molecule has 4 aliphatic rings. The molecule has 0 bridgehead atoms. The number of amides is 1. The average Bonchev–Trinajstić information content (AvgIpc) is 3.50. The normalized spacial score (nSPS) is 23.4. The van der Waals surface area contributed by atoms with E-state index in [4.69, 9.17) is 14.5 Å². The quantitative estimate of drug-likeness (QED) is 0.674. The Kier molecular flexibility index (Phi) is 6.36. The van der Waals surface area contributed by atoms with E-state index in [1.807, 2.05) is 0 Å². The van der Waals surface area contributed by atoms with Crippen LogP contribution in [0, 0.1) is 6.92 Å². The predicted octanol–water partition coefficient (Wildman–Crippen LogP) is 3.92. The van der Waals surface area contributed by atoms with Gasteiger partial charge >= 0.3 is 6.18 Å². The van der Waals surface area contributed by atoms with Crippen molar-refractivity contribution in [3.05, 3.63) is 58.1 Å². The summed E-state index contributed by atoms with van der Waals surface area (Å²) in [5.41, 5.74) is 1.07. The van der Waals surface area contributed by atoms with Crippen molar-refractivity contribution in [3.8, 4) is 0 Å². The predicted molar refractivity (Wildman–Crippen MR) is 128 cm³/mol. The molecule has 0 spiro atoms. The van der Waals surface area contributed by atoms with Crippen LogP contribution in [0.1, 0.15) is 48.9 Å². The van der Waals surface area contributed by atoms with Gasteiger partial charge in [0.2, 0.25) is 0 Å². The maximum Gasteiger partial charge on any atom is 0.416 e. The maximum atomic E-state index is 13.6. The molecule has 1 aromatic carbocycles. The van der Waals surface area contributed by atoms with Crippen molar-refractivity contribution >= 4 is 11.7 Å². The number of nitrogens with one attached hydrogen (secondary N) is 1. The van der Waals surface area contributed by atoms with E-state index >= 15 is 0 Å². The van der Waals surface area contributed by atoms with E-state index in [2.05, 4.69) is 16.3 Å². The van der Waals surface area contributed by atoms with Crippen LogP contribution in [0.5, 0.6) is 0 Å². The van der Waals surface area contributed by atoms with E-state index < -0.39 is 23.4 Å². The van der Waals surface area contributed by atoms with Crippen molar-refractivity contribution in [2.45, 2.75) is 50.9 Å². The first-order valence-electron chi connectivity index (χ1n) is 12.3. The summed E-state index contributed by atoms with van der Waals surface area (Å²) in [5, 5.41) is 3.38. The number of alkyl halides is 3. The minimum atomic E-state index is -4.42. The number of carbonyl (C=O) groups excluding carboxylic acids is 1. The first-order valence-corrected chi connectivity index (χ1v) is 12.3. The third-order valence-corrected chi connectivity index (χ3v) is 7.70. The molecule has 1 fully saturated rings. The zero-order chi connectivity index (χ0) is 25.7.